The number of aryl methyl sites for hydroxylation is 1. The van der Waals surface area contributed by atoms with Crippen LogP contribution in [0.2, 0.25) is 0 Å². The Kier molecular flexibility index (Phi) is 8.17. The fourth-order valence-electron chi connectivity index (χ4n) is 6.23. The Balaban J connectivity index is 1.32. The highest BCUT2D eigenvalue weighted by Crippen LogP contribution is 2.33. The third-order valence-corrected chi connectivity index (χ3v) is 8.59. The van der Waals surface area contributed by atoms with Crippen LogP contribution in [0, 0.1) is 13.8 Å². The molecule has 1 aliphatic rings. The summed E-state index contributed by atoms with van der Waals surface area (Å²) in [6.07, 6.45) is -0.936. The molecule has 3 aromatic carbocycles. The molecule has 6 aromatic rings. The lowest BCUT2D eigenvalue weighted by atomic mass is 10.0. The van der Waals surface area contributed by atoms with Crippen LogP contribution in [0.15, 0.2) is 95.9 Å². The third-order valence-electron chi connectivity index (χ3n) is 8.59. The minimum absolute atomic E-state index is 0.0328. The van der Waals surface area contributed by atoms with Crippen molar-refractivity contribution in [3.63, 3.8) is 0 Å². The molecule has 12 heteroatoms. The lowest BCUT2D eigenvalue weighted by molar-refractivity contribution is -0.137. The van der Waals surface area contributed by atoms with E-state index in [2.05, 4.69) is 25.9 Å². The molecule has 7 rings (SSSR count). The highest BCUT2D eigenvalue weighted by atomic mass is 19.4. The van der Waals surface area contributed by atoms with Gasteiger partial charge in [-0.1, -0.05) is 24.3 Å². The molecule has 0 radical (unpaired) electrons. The van der Waals surface area contributed by atoms with Gasteiger partial charge in [-0.15, -0.1) is 0 Å². The average Bonchev–Trinajstić information content (AvgIpc) is 3.39. The van der Waals surface area contributed by atoms with Crippen LogP contribution < -0.4 is 21.5 Å². The Morgan fingerprint density at radius 3 is 2.31 bits per heavy atom. The average molecular weight is 651 g/mol. The summed E-state index contributed by atoms with van der Waals surface area (Å²) in [6, 6.07) is 24.0. The number of alkyl halides is 3. The molecule has 0 unspecified atom stereocenters. The number of fused-ring (bicyclic) bond motifs is 1. The normalized spacial score (nSPS) is 13.9. The molecule has 1 saturated heterocycles. The van der Waals surface area contributed by atoms with E-state index in [9.17, 15) is 18.0 Å². The van der Waals surface area contributed by atoms with Gasteiger partial charge in [0.05, 0.1) is 28.2 Å². The highest BCUT2D eigenvalue weighted by Gasteiger charge is 2.31. The van der Waals surface area contributed by atoms with Crippen molar-refractivity contribution < 1.29 is 13.2 Å². The van der Waals surface area contributed by atoms with E-state index in [4.69, 9.17) is 5.10 Å². The minimum atomic E-state index is -4.60. The van der Waals surface area contributed by atoms with Crippen molar-refractivity contribution in [1.29, 1.82) is 0 Å². The molecule has 0 saturated carbocycles. The van der Waals surface area contributed by atoms with Crippen LogP contribution >= 0.6 is 0 Å². The van der Waals surface area contributed by atoms with Crippen LogP contribution in [-0.2, 0) is 6.18 Å². The summed E-state index contributed by atoms with van der Waals surface area (Å²) in [5.41, 5.74) is 3.50. The molecule has 0 aliphatic carbocycles. The summed E-state index contributed by atoms with van der Waals surface area (Å²) in [6.45, 7) is 5.63. The van der Waals surface area contributed by atoms with Gasteiger partial charge in [0, 0.05) is 40.3 Å². The highest BCUT2D eigenvalue weighted by molar-refractivity contribution is 5.84. The number of rotatable bonds is 7. The molecule has 0 bridgehead atoms. The summed E-state index contributed by atoms with van der Waals surface area (Å²) in [7, 11) is 0. The van der Waals surface area contributed by atoms with Crippen LogP contribution in [0.5, 0.6) is 0 Å². The van der Waals surface area contributed by atoms with Gasteiger partial charge < -0.3 is 16.0 Å². The van der Waals surface area contributed by atoms with E-state index < -0.39 is 17.3 Å². The molecule has 4 heterocycles. The molecule has 1 fully saturated rings. The van der Waals surface area contributed by atoms with Gasteiger partial charge >= 0.3 is 6.18 Å². The van der Waals surface area contributed by atoms with Crippen molar-refractivity contribution in [3.8, 4) is 22.5 Å². The number of nitrogens with one attached hydrogen (secondary N) is 3. The number of anilines is 3. The maximum Gasteiger partial charge on any atom is 0.416 e. The second kappa shape index (κ2) is 12.6. The number of benzene rings is 3. The first-order chi connectivity index (χ1) is 23.2. The first kappa shape index (κ1) is 31.1. The molecule has 48 heavy (non-hydrogen) atoms. The van der Waals surface area contributed by atoms with Gasteiger partial charge in [0.25, 0.3) is 5.56 Å². The number of hydrogen-bond acceptors (Lipinski definition) is 7. The van der Waals surface area contributed by atoms with Gasteiger partial charge in [-0.25, -0.2) is 9.67 Å². The van der Waals surface area contributed by atoms with Crippen molar-refractivity contribution >= 4 is 28.4 Å². The number of para-hydroxylation sites is 1. The molecule has 3 N–H and O–H groups in total. The number of nitrogens with zero attached hydrogens (tertiary/aromatic N) is 5. The zero-order valence-corrected chi connectivity index (χ0v) is 26.3. The summed E-state index contributed by atoms with van der Waals surface area (Å²) in [4.78, 5) is 23.6. The Labute approximate surface area is 274 Å². The maximum atomic E-state index is 14.4. The monoisotopic (exact) mass is 650 g/mol. The number of halogens is 3. The Morgan fingerprint density at radius 1 is 0.875 bits per heavy atom. The molecule has 1 aliphatic heterocycles. The number of pyridine rings is 1. The maximum absolute atomic E-state index is 14.4. The molecular weight excluding hydrogens is 617 g/mol. The predicted octanol–water partition coefficient (Wildman–Crippen LogP) is 7.18. The SMILES string of the molecule is Cc1nn(-c2ccccc2)c(C)c1-c1cc2cnc(Nc3ccc(NC4CCNCC4)cc3)nc2n(-c2cccc(C(F)(F)F)c2)c1=O. The van der Waals surface area contributed by atoms with Crippen molar-refractivity contribution in [2.24, 2.45) is 0 Å². The van der Waals surface area contributed by atoms with Crippen molar-refractivity contribution in [3.05, 3.63) is 118 Å². The largest absolute Gasteiger partial charge is 0.416 e. The van der Waals surface area contributed by atoms with Crippen molar-refractivity contribution in [2.45, 2.75) is 38.9 Å². The smallest absolute Gasteiger partial charge is 0.382 e. The molecule has 0 amide bonds. The van der Waals surface area contributed by atoms with E-state index in [1.165, 1.54) is 16.7 Å². The Hall–Kier alpha value is -5.49. The lowest BCUT2D eigenvalue weighted by Crippen LogP contribution is -2.35. The van der Waals surface area contributed by atoms with Crippen LogP contribution in [-0.4, -0.2) is 43.4 Å². The fraction of sp³-hybridized carbons (Fsp3) is 0.222. The number of hydrogen-bond donors (Lipinski definition) is 3. The van der Waals surface area contributed by atoms with Crippen LogP contribution in [0.4, 0.5) is 30.5 Å². The molecule has 244 valence electrons. The first-order valence-corrected chi connectivity index (χ1v) is 15.7. The zero-order valence-electron chi connectivity index (χ0n) is 26.3. The second-order valence-corrected chi connectivity index (χ2v) is 11.9. The van der Waals surface area contributed by atoms with E-state index >= 15 is 0 Å². The van der Waals surface area contributed by atoms with E-state index in [-0.39, 0.29) is 22.8 Å². The number of aromatic nitrogens is 5. The van der Waals surface area contributed by atoms with Crippen molar-refractivity contribution in [1.82, 2.24) is 29.6 Å². The molecular formula is C36H33F3N8O. The molecule has 3 aromatic heterocycles. The van der Waals surface area contributed by atoms with Gasteiger partial charge in [-0.3, -0.25) is 9.36 Å². The van der Waals surface area contributed by atoms with Gasteiger partial charge in [-0.05, 0) is 100 Å². The topological polar surface area (TPSA) is 102 Å². The fourth-order valence-corrected chi connectivity index (χ4v) is 6.23. The van der Waals surface area contributed by atoms with Gasteiger partial charge in [-0.2, -0.15) is 23.3 Å². The lowest BCUT2D eigenvalue weighted by Gasteiger charge is -2.24. The standard InChI is InChI=1S/C36H33F3N8O/c1-22-32(23(2)47(45-22)29-8-4-3-5-9-29)31-19-24-21-41-35(43-27-13-11-26(12-14-27)42-28-15-17-40-18-16-28)44-33(24)46(34(31)48)30-10-6-7-25(20-30)36(37,38)39/h3-14,19-21,28,40,42H,15-18H2,1-2H3,(H,41,43,44). The molecule has 0 spiro atoms. The summed E-state index contributed by atoms with van der Waals surface area (Å²) in [5.74, 6) is 0.193. The Morgan fingerprint density at radius 2 is 1.58 bits per heavy atom. The summed E-state index contributed by atoms with van der Waals surface area (Å²) >= 11 is 0. The minimum Gasteiger partial charge on any atom is -0.382 e. The number of piperidine rings is 1. The van der Waals surface area contributed by atoms with E-state index in [1.807, 2.05) is 61.5 Å². The third kappa shape index (κ3) is 6.14. The molecule has 0 atom stereocenters. The summed E-state index contributed by atoms with van der Waals surface area (Å²) in [5, 5.41) is 15.3. The van der Waals surface area contributed by atoms with Gasteiger partial charge in [0.2, 0.25) is 5.95 Å². The van der Waals surface area contributed by atoms with Crippen LogP contribution in [0.3, 0.4) is 0 Å². The first-order valence-electron chi connectivity index (χ1n) is 15.7. The van der Waals surface area contributed by atoms with Crippen LogP contribution in [0.25, 0.3) is 33.5 Å². The quantitative estimate of drug-likeness (QED) is 0.168. The Bertz CT molecular complexity index is 2150. The second-order valence-electron chi connectivity index (χ2n) is 11.9. The summed E-state index contributed by atoms with van der Waals surface area (Å²) < 4.78 is 44.5. The van der Waals surface area contributed by atoms with E-state index in [1.54, 1.807) is 23.9 Å². The van der Waals surface area contributed by atoms with Crippen LogP contribution in [0.1, 0.15) is 29.8 Å². The predicted molar refractivity (Wildman–Crippen MR) is 181 cm³/mol. The van der Waals surface area contributed by atoms with E-state index in [0.717, 1.165) is 55.1 Å². The zero-order chi connectivity index (χ0) is 33.4. The van der Waals surface area contributed by atoms with E-state index in [0.29, 0.717) is 28.4 Å². The van der Waals surface area contributed by atoms with Gasteiger partial charge in [0.15, 0.2) is 5.65 Å². The van der Waals surface area contributed by atoms with Crippen molar-refractivity contribution in [2.75, 3.05) is 23.7 Å². The van der Waals surface area contributed by atoms with Gasteiger partial charge in [0.1, 0.15) is 0 Å². The molecule has 9 nitrogen and oxygen atoms in total.